The van der Waals surface area contributed by atoms with E-state index >= 15 is 0 Å². The van der Waals surface area contributed by atoms with Gasteiger partial charge in [-0.05, 0) is 42.8 Å². The Balaban J connectivity index is 1.78. The van der Waals surface area contributed by atoms with E-state index in [-0.39, 0.29) is 17.9 Å². The number of thiophene rings is 1. The van der Waals surface area contributed by atoms with Crippen molar-refractivity contribution >= 4 is 11.3 Å². The van der Waals surface area contributed by atoms with Crippen molar-refractivity contribution in [2.45, 2.75) is 26.2 Å². The number of benzene rings is 1. The predicted octanol–water partition coefficient (Wildman–Crippen LogP) is 3.62. The Hall–Kier alpha value is -2.58. The fourth-order valence-electron chi connectivity index (χ4n) is 2.42. The quantitative estimate of drug-likeness (QED) is 0.712. The van der Waals surface area contributed by atoms with Gasteiger partial charge in [-0.1, -0.05) is 12.1 Å². The molecule has 3 rings (SSSR count). The molecule has 1 aromatic carbocycles. The summed E-state index contributed by atoms with van der Waals surface area (Å²) in [5.41, 5.74) is 0.784. The molecule has 0 unspecified atom stereocenters. The van der Waals surface area contributed by atoms with E-state index in [1.807, 2.05) is 19.1 Å². The monoisotopic (exact) mass is 378 g/mol. The first-order chi connectivity index (χ1) is 12.4. The maximum absolute atomic E-state index is 12.2. The van der Waals surface area contributed by atoms with E-state index in [9.17, 15) is 18.7 Å². The van der Waals surface area contributed by atoms with Crippen LogP contribution in [-0.2, 0) is 6.54 Å². The van der Waals surface area contributed by atoms with Crippen LogP contribution in [0.25, 0.3) is 10.6 Å². The average molecular weight is 378 g/mol. The van der Waals surface area contributed by atoms with Crippen molar-refractivity contribution in [3.8, 4) is 16.3 Å². The number of aliphatic hydroxyl groups excluding tert-OH is 1. The summed E-state index contributed by atoms with van der Waals surface area (Å²) >= 11 is 1.56. The molecule has 5 nitrogen and oxygen atoms in total. The molecule has 0 aliphatic rings. The lowest BCUT2D eigenvalue weighted by molar-refractivity contribution is -0.0498. The molecule has 0 saturated carbocycles. The summed E-state index contributed by atoms with van der Waals surface area (Å²) in [7, 11) is 0. The maximum Gasteiger partial charge on any atom is 0.387 e. The number of aromatic nitrogens is 2. The van der Waals surface area contributed by atoms with Gasteiger partial charge in [-0.25, -0.2) is 4.68 Å². The number of hydrogen-bond donors (Lipinski definition) is 1. The van der Waals surface area contributed by atoms with Crippen LogP contribution < -0.4 is 10.3 Å². The van der Waals surface area contributed by atoms with E-state index in [0.717, 1.165) is 9.75 Å². The third-order valence-electron chi connectivity index (χ3n) is 3.70. The second kappa shape index (κ2) is 7.76. The molecule has 1 N–H and O–H groups in total. The number of ether oxygens (including phenoxy) is 1. The van der Waals surface area contributed by atoms with Crippen molar-refractivity contribution in [2.75, 3.05) is 0 Å². The summed E-state index contributed by atoms with van der Waals surface area (Å²) < 4.78 is 29.8. The fourth-order valence-corrected chi connectivity index (χ4v) is 3.26. The highest BCUT2D eigenvalue weighted by atomic mass is 32.1. The van der Waals surface area contributed by atoms with Crippen LogP contribution in [0.15, 0.2) is 53.3 Å². The highest BCUT2D eigenvalue weighted by molar-refractivity contribution is 7.15. The zero-order chi connectivity index (χ0) is 18.7. The smallest absolute Gasteiger partial charge is 0.387 e. The molecule has 1 atom stereocenters. The lowest BCUT2D eigenvalue weighted by atomic mass is 10.1. The van der Waals surface area contributed by atoms with Gasteiger partial charge in [-0.15, -0.1) is 11.3 Å². The highest BCUT2D eigenvalue weighted by Crippen LogP contribution is 2.25. The third kappa shape index (κ3) is 4.33. The molecule has 0 fully saturated rings. The average Bonchev–Trinajstić information content (AvgIpc) is 3.03. The Bertz CT molecular complexity index is 938. The first kappa shape index (κ1) is 18.2. The summed E-state index contributed by atoms with van der Waals surface area (Å²) in [6.07, 6.45) is -1.01. The van der Waals surface area contributed by atoms with E-state index in [2.05, 4.69) is 9.84 Å². The Kier molecular flexibility index (Phi) is 5.43. The third-order valence-corrected chi connectivity index (χ3v) is 4.72. The van der Waals surface area contributed by atoms with E-state index < -0.39 is 12.7 Å². The Morgan fingerprint density at radius 1 is 1.15 bits per heavy atom. The van der Waals surface area contributed by atoms with Crippen LogP contribution >= 0.6 is 11.3 Å². The zero-order valence-corrected chi connectivity index (χ0v) is 14.6. The maximum atomic E-state index is 12.2. The van der Waals surface area contributed by atoms with Crippen LogP contribution in [0.3, 0.4) is 0 Å². The van der Waals surface area contributed by atoms with Gasteiger partial charge in [-0.3, -0.25) is 4.79 Å². The Labute approximate surface area is 152 Å². The van der Waals surface area contributed by atoms with Gasteiger partial charge < -0.3 is 9.84 Å². The molecule has 0 aliphatic heterocycles. The Morgan fingerprint density at radius 3 is 2.50 bits per heavy atom. The lowest BCUT2D eigenvalue weighted by Crippen LogP contribution is -2.25. The molecular formula is C18H16F2N2O3S. The summed E-state index contributed by atoms with van der Waals surface area (Å²) in [6.45, 7) is -0.973. The van der Waals surface area contributed by atoms with Gasteiger partial charge in [0.2, 0.25) is 0 Å². The number of halogens is 2. The minimum atomic E-state index is -2.91. The minimum absolute atomic E-state index is 0.00121. The van der Waals surface area contributed by atoms with Crippen LogP contribution in [0.1, 0.15) is 16.5 Å². The number of rotatable bonds is 6. The van der Waals surface area contributed by atoms with Crippen molar-refractivity contribution < 1.29 is 18.6 Å². The molecule has 3 aromatic rings. The van der Waals surface area contributed by atoms with Gasteiger partial charge >= 0.3 is 6.61 Å². The van der Waals surface area contributed by atoms with Crippen molar-refractivity contribution in [3.63, 3.8) is 0 Å². The van der Waals surface area contributed by atoms with Crippen LogP contribution in [-0.4, -0.2) is 21.5 Å². The normalized spacial score (nSPS) is 12.3. The van der Waals surface area contributed by atoms with Crippen molar-refractivity contribution in [1.82, 2.24) is 9.78 Å². The van der Waals surface area contributed by atoms with Crippen molar-refractivity contribution in [2.24, 2.45) is 0 Å². The molecule has 0 bridgehead atoms. The number of aliphatic hydroxyl groups is 1. The molecule has 0 saturated heterocycles. The highest BCUT2D eigenvalue weighted by Gasteiger charge is 2.13. The molecule has 0 aliphatic carbocycles. The predicted molar refractivity (Wildman–Crippen MR) is 94.6 cm³/mol. The second-order valence-electron chi connectivity index (χ2n) is 5.61. The van der Waals surface area contributed by atoms with E-state index in [4.69, 9.17) is 0 Å². The molecule has 26 heavy (non-hydrogen) atoms. The number of nitrogens with zero attached hydrogens (tertiary/aromatic N) is 2. The largest absolute Gasteiger partial charge is 0.435 e. The van der Waals surface area contributed by atoms with Gasteiger partial charge in [0.15, 0.2) is 0 Å². The summed E-state index contributed by atoms with van der Waals surface area (Å²) in [5.74, 6) is 0.00121. The van der Waals surface area contributed by atoms with Crippen LogP contribution in [0.2, 0.25) is 0 Å². The first-order valence-corrected chi connectivity index (χ1v) is 8.62. The van der Waals surface area contributed by atoms with Gasteiger partial charge in [-0.2, -0.15) is 13.9 Å². The minimum Gasteiger partial charge on any atom is -0.435 e. The Morgan fingerprint density at radius 2 is 1.88 bits per heavy atom. The van der Waals surface area contributed by atoms with Gasteiger partial charge in [0.25, 0.3) is 5.56 Å². The van der Waals surface area contributed by atoms with Crippen LogP contribution in [0.4, 0.5) is 8.78 Å². The van der Waals surface area contributed by atoms with Crippen LogP contribution in [0.5, 0.6) is 5.75 Å². The standard InChI is InChI=1S/C18H16F2N2O3S/c1-11-2-8-16(26-11)14-7-9-17(24)22(21-14)10-15(23)12-3-5-13(6-4-12)25-18(19)20/h2-9,15,18,23H,10H2,1H3/t15-/m1/s1. The van der Waals surface area contributed by atoms with Crippen molar-refractivity contribution in [1.29, 1.82) is 0 Å². The summed E-state index contributed by atoms with van der Waals surface area (Å²) in [6, 6.07) is 12.6. The van der Waals surface area contributed by atoms with E-state index in [1.165, 1.54) is 35.0 Å². The molecule has 0 amide bonds. The SMILES string of the molecule is Cc1ccc(-c2ccc(=O)n(C[C@@H](O)c3ccc(OC(F)F)cc3)n2)s1. The lowest BCUT2D eigenvalue weighted by Gasteiger charge is -2.13. The first-order valence-electron chi connectivity index (χ1n) is 7.80. The molecule has 8 heteroatoms. The molecule has 136 valence electrons. The molecule has 0 spiro atoms. The molecule has 2 aromatic heterocycles. The van der Waals surface area contributed by atoms with Crippen LogP contribution in [0, 0.1) is 6.92 Å². The fraction of sp³-hybridized carbons (Fsp3) is 0.222. The molecule has 0 radical (unpaired) electrons. The van der Waals surface area contributed by atoms with Gasteiger partial charge in [0.05, 0.1) is 17.5 Å². The van der Waals surface area contributed by atoms with Gasteiger partial charge in [0, 0.05) is 10.9 Å². The number of alkyl halides is 2. The van der Waals surface area contributed by atoms with E-state index in [0.29, 0.717) is 11.3 Å². The number of aryl methyl sites for hydroxylation is 1. The number of hydrogen-bond acceptors (Lipinski definition) is 5. The second-order valence-corrected chi connectivity index (χ2v) is 6.90. The molecule has 2 heterocycles. The summed E-state index contributed by atoms with van der Waals surface area (Å²) in [5, 5.41) is 14.7. The molecular weight excluding hydrogens is 362 g/mol. The van der Waals surface area contributed by atoms with E-state index in [1.54, 1.807) is 17.4 Å². The van der Waals surface area contributed by atoms with Gasteiger partial charge in [0.1, 0.15) is 11.4 Å². The van der Waals surface area contributed by atoms with Crippen molar-refractivity contribution in [3.05, 3.63) is 69.3 Å². The summed E-state index contributed by atoms with van der Waals surface area (Å²) in [4.78, 5) is 14.1. The topological polar surface area (TPSA) is 64.4 Å². The zero-order valence-electron chi connectivity index (χ0n) is 13.8.